The Bertz CT molecular complexity index is 547. The number of carboxylic acid groups (broad SMARTS) is 1. The van der Waals surface area contributed by atoms with Crippen molar-refractivity contribution in [3.05, 3.63) is 35.4 Å². The van der Waals surface area contributed by atoms with Crippen molar-refractivity contribution in [1.29, 1.82) is 0 Å². The molecule has 108 valence electrons. The molecule has 1 amide bonds. The second kappa shape index (κ2) is 6.71. The van der Waals surface area contributed by atoms with Gasteiger partial charge in [0.1, 0.15) is 0 Å². The van der Waals surface area contributed by atoms with E-state index >= 15 is 0 Å². The number of rotatable bonds is 6. The zero-order valence-electron chi connectivity index (χ0n) is 10.4. The predicted octanol–water partition coefficient (Wildman–Crippen LogP) is 0.899. The van der Waals surface area contributed by atoms with Crippen LogP contribution in [0.5, 0.6) is 0 Å². The smallest absolute Gasteiger partial charge is 0.372 e. The van der Waals surface area contributed by atoms with Crippen molar-refractivity contribution in [1.82, 2.24) is 5.06 Å². The summed E-state index contributed by atoms with van der Waals surface area (Å²) in [4.78, 5) is 37.5. The quantitative estimate of drug-likeness (QED) is 0.477. The van der Waals surface area contributed by atoms with Crippen molar-refractivity contribution in [3.63, 3.8) is 0 Å². The minimum absolute atomic E-state index is 0.224. The van der Waals surface area contributed by atoms with Crippen LogP contribution in [-0.4, -0.2) is 34.9 Å². The van der Waals surface area contributed by atoms with Crippen molar-refractivity contribution in [2.45, 2.75) is 13.0 Å². The highest BCUT2D eigenvalue weighted by molar-refractivity contribution is 6.36. The number of carbonyl (C=O) groups excluding carboxylic acids is 2. The molecule has 1 rings (SSSR count). The molecule has 0 heterocycles. The fraction of sp³-hybridized carbons (Fsp3) is 0.250. The van der Waals surface area contributed by atoms with Crippen molar-refractivity contribution in [2.75, 3.05) is 7.11 Å². The summed E-state index contributed by atoms with van der Waals surface area (Å²) >= 11 is 0. The number of benzene rings is 1. The van der Waals surface area contributed by atoms with E-state index in [0.717, 1.165) is 19.2 Å². The van der Waals surface area contributed by atoms with Gasteiger partial charge in [-0.3, -0.25) is 14.4 Å². The number of nitrogens with zero attached hydrogens (tertiary/aromatic N) is 1. The summed E-state index contributed by atoms with van der Waals surface area (Å²) < 4.78 is 25.7. The largest absolute Gasteiger partial charge is 0.475 e. The zero-order valence-corrected chi connectivity index (χ0v) is 10.4. The standard InChI is InChI=1S/C12H11F2NO5/c1-20-15(11(17)5-10(16)12(18)19)6-7-2-3-8(13)9(14)4-7/h2-4H,5-6H2,1H3,(H,18,19). The van der Waals surface area contributed by atoms with Crippen molar-refractivity contribution < 1.29 is 33.1 Å². The van der Waals surface area contributed by atoms with Crippen LogP contribution >= 0.6 is 0 Å². The molecule has 6 nitrogen and oxygen atoms in total. The molecular formula is C12H11F2NO5. The first-order chi connectivity index (χ1) is 9.35. The number of hydroxylamine groups is 2. The van der Waals surface area contributed by atoms with Crippen LogP contribution in [0.1, 0.15) is 12.0 Å². The maximum absolute atomic E-state index is 13.0. The molecule has 0 aliphatic carbocycles. The normalized spacial score (nSPS) is 10.2. The number of hydrogen-bond acceptors (Lipinski definition) is 4. The van der Waals surface area contributed by atoms with E-state index in [1.807, 2.05) is 0 Å². The van der Waals surface area contributed by atoms with Crippen LogP contribution in [0.2, 0.25) is 0 Å². The third-order valence-electron chi connectivity index (χ3n) is 2.36. The third-order valence-corrected chi connectivity index (χ3v) is 2.36. The number of Topliss-reactive ketones (excluding diaryl/α,β-unsaturated/α-hetero) is 1. The zero-order chi connectivity index (χ0) is 15.3. The van der Waals surface area contributed by atoms with Crippen LogP contribution in [0.25, 0.3) is 0 Å². The Hall–Kier alpha value is -2.35. The van der Waals surface area contributed by atoms with E-state index in [-0.39, 0.29) is 12.1 Å². The van der Waals surface area contributed by atoms with E-state index in [9.17, 15) is 23.2 Å². The second-order valence-corrected chi connectivity index (χ2v) is 3.77. The third kappa shape index (κ3) is 4.09. The summed E-state index contributed by atoms with van der Waals surface area (Å²) in [6.07, 6.45) is -0.882. The molecule has 0 saturated carbocycles. The number of aliphatic carboxylic acids is 1. The highest BCUT2D eigenvalue weighted by Crippen LogP contribution is 2.12. The number of carbonyl (C=O) groups is 3. The Labute approximate surface area is 112 Å². The number of halogens is 2. The highest BCUT2D eigenvalue weighted by atomic mass is 19.2. The molecule has 0 aliphatic heterocycles. The Morgan fingerprint density at radius 3 is 2.40 bits per heavy atom. The molecular weight excluding hydrogens is 276 g/mol. The Morgan fingerprint density at radius 2 is 1.90 bits per heavy atom. The molecule has 1 aromatic carbocycles. The topological polar surface area (TPSA) is 83.9 Å². The molecule has 0 bridgehead atoms. The number of ketones is 1. The summed E-state index contributed by atoms with van der Waals surface area (Å²) in [5.41, 5.74) is 0.224. The molecule has 1 N–H and O–H groups in total. The Balaban J connectivity index is 2.75. The lowest BCUT2D eigenvalue weighted by molar-refractivity contribution is -0.180. The summed E-state index contributed by atoms with van der Waals surface area (Å²) in [6, 6.07) is 2.98. The summed E-state index contributed by atoms with van der Waals surface area (Å²) in [7, 11) is 1.13. The number of hydrogen-bond donors (Lipinski definition) is 1. The van der Waals surface area contributed by atoms with Gasteiger partial charge in [-0.2, -0.15) is 0 Å². The molecule has 0 spiro atoms. The molecule has 0 fully saturated rings. The van der Waals surface area contributed by atoms with Crippen LogP contribution in [0.3, 0.4) is 0 Å². The molecule has 20 heavy (non-hydrogen) atoms. The van der Waals surface area contributed by atoms with Crippen LogP contribution < -0.4 is 0 Å². The lowest BCUT2D eigenvalue weighted by atomic mass is 10.2. The minimum Gasteiger partial charge on any atom is -0.475 e. The highest BCUT2D eigenvalue weighted by Gasteiger charge is 2.22. The molecule has 0 aromatic heterocycles. The van der Waals surface area contributed by atoms with Gasteiger partial charge in [-0.05, 0) is 17.7 Å². The SMILES string of the molecule is CON(Cc1ccc(F)c(F)c1)C(=O)CC(=O)C(=O)O. The molecule has 0 atom stereocenters. The first-order valence-corrected chi connectivity index (χ1v) is 5.39. The lowest BCUT2D eigenvalue weighted by Gasteiger charge is -2.19. The number of amides is 1. The van der Waals surface area contributed by atoms with Crippen molar-refractivity contribution in [3.8, 4) is 0 Å². The van der Waals surface area contributed by atoms with E-state index in [4.69, 9.17) is 5.11 Å². The second-order valence-electron chi connectivity index (χ2n) is 3.77. The first kappa shape index (κ1) is 15.7. The minimum atomic E-state index is -1.73. The molecule has 0 unspecified atom stereocenters. The van der Waals surface area contributed by atoms with Crippen LogP contribution in [-0.2, 0) is 25.8 Å². The predicted molar refractivity (Wildman–Crippen MR) is 61.2 cm³/mol. The van der Waals surface area contributed by atoms with Crippen LogP contribution in [0, 0.1) is 11.6 Å². The van der Waals surface area contributed by atoms with E-state index in [2.05, 4.69) is 4.84 Å². The fourth-order valence-electron chi connectivity index (χ4n) is 1.36. The molecule has 0 aliphatic rings. The molecule has 0 radical (unpaired) electrons. The van der Waals surface area contributed by atoms with Crippen molar-refractivity contribution >= 4 is 17.7 Å². The summed E-state index contributed by atoms with van der Waals surface area (Å²) in [5, 5.41) is 9.08. The maximum Gasteiger partial charge on any atom is 0.372 e. The van der Waals surface area contributed by atoms with Gasteiger partial charge in [0, 0.05) is 0 Å². The van der Waals surface area contributed by atoms with Gasteiger partial charge in [-0.1, -0.05) is 6.07 Å². The average molecular weight is 287 g/mol. The Morgan fingerprint density at radius 1 is 1.25 bits per heavy atom. The molecule has 1 aromatic rings. The lowest BCUT2D eigenvalue weighted by Crippen LogP contribution is -2.32. The first-order valence-electron chi connectivity index (χ1n) is 5.39. The van der Waals surface area contributed by atoms with Crippen LogP contribution in [0.4, 0.5) is 8.78 Å². The van der Waals surface area contributed by atoms with Gasteiger partial charge < -0.3 is 5.11 Å². The average Bonchev–Trinajstić information content (AvgIpc) is 2.39. The van der Waals surface area contributed by atoms with Gasteiger partial charge in [-0.25, -0.2) is 18.6 Å². The van der Waals surface area contributed by atoms with Gasteiger partial charge >= 0.3 is 5.97 Å². The Kier molecular flexibility index (Phi) is 5.27. The van der Waals surface area contributed by atoms with Gasteiger partial charge in [0.25, 0.3) is 5.91 Å². The van der Waals surface area contributed by atoms with E-state index < -0.39 is 35.7 Å². The van der Waals surface area contributed by atoms with Crippen LogP contribution in [0.15, 0.2) is 18.2 Å². The van der Waals surface area contributed by atoms with E-state index in [0.29, 0.717) is 5.06 Å². The molecule has 8 heteroatoms. The van der Waals surface area contributed by atoms with E-state index in [1.165, 1.54) is 6.07 Å². The summed E-state index contributed by atoms with van der Waals surface area (Å²) in [6.45, 7) is -0.251. The summed E-state index contributed by atoms with van der Waals surface area (Å²) in [5.74, 6) is -6.05. The fourth-order valence-corrected chi connectivity index (χ4v) is 1.36. The van der Waals surface area contributed by atoms with Gasteiger partial charge in [0.2, 0.25) is 5.78 Å². The van der Waals surface area contributed by atoms with E-state index in [1.54, 1.807) is 0 Å². The number of carboxylic acids is 1. The van der Waals surface area contributed by atoms with Gasteiger partial charge in [0.15, 0.2) is 11.6 Å². The molecule has 0 saturated heterocycles. The maximum atomic E-state index is 13.0. The van der Waals surface area contributed by atoms with Gasteiger partial charge in [0.05, 0.1) is 20.1 Å². The van der Waals surface area contributed by atoms with Crippen molar-refractivity contribution in [2.24, 2.45) is 0 Å². The monoisotopic (exact) mass is 287 g/mol. The van der Waals surface area contributed by atoms with Gasteiger partial charge in [-0.15, -0.1) is 0 Å².